The average molecular weight is 223 g/mol. The average Bonchev–Trinajstić information content (AvgIpc) is 2.29. The molecule has 0 bridgehead atoms. The first-order valence-corrected chi connectivity index (χ1v) is 5.61. The van der Waals surface area contributed by atoms with E-state index in [9.17, 15) is 0 Å². The molecule has 1 aromatic rings. The van der Waals surface area contributed by atoms with Crippen LogP contribution in [0.2, 0.25) is 0 Å². The molecule has 1 N–H and O–H groups in total. The zero-order valence-corrected chi connectivity index (χ0v) is 10.4. The first-order valence-electron chi connectivity index (χ1n) is 5.61. The van der Waals surface area contributed by atoms with Crippen LogP contribution in [0.15, 0.2) is 18.2 Å². The summed E-state index contributed by atoms with van der Waals surface area (Å²) < 4.78 is 10.4. The van der Waals surface area contributed by atoms with Crippen LogP contribution in [0.4, 0.5) is 0 Å². The Labute approximate surface area is 97.8 Å². The van der Waals surface area contributed by atoms with Gasteiger partial charge in [-0.2, -0.15) is 0 Å². The minimum Gasteiger partial charge on any atom is -0.496 e. The number of ether oxygens (including phenoxy) is 2. The van der Waals surface area contributed by atoms with Gasteiger partial charge >= 0.3 is 0 Å². The minimum absolute atomic E-state index is 0.804. The molecule has 0 aromatic heterocycles. The van der Waals surface area contributed by atoms with Crippen LogP contribution in [-0.2, 0) is 11.3 Å². The second-order valence-corrected chi connectivity index (χ2v) is 3.79. The highest BCUT2D eigenvalue weighted by atomic mass is 16.5. The summed E-state index contributed by atoms with van der Waals surface area (Å²) in [5.74, 6) is 0.988. The normalized spacial score (nSPS) is 10.4. The fourth-order valence-electron chi connectivity index (χ4n) is 1.71. The molecule has 0 radical (unpaired) electrons. The first-order chi connectivity index (χ1) is 7.79. The van der Waals surface area contributed by atoms with Crippen molar-refractivity contribution in [2.45, 2.75) is 19.9 Å². The molecule has 0 aliphatic heterocycles. The van der Waals surface area contributed by atoms with Gasteiger partial charge in [0.15, 0.2) is 0 Å². The second kappa shape index (κ2) is 7.25. The van der Waals surface area contributed by atoms with Gasteiger partial charge in [-0.1, -0.05) is 18.2 Å². The van der Waals surface area contributed by atoms with Crippen molar-refractivity contribution in [2.24, 2.45) is 0 Å². The largest absolute Gasteiger partial charge is 0.496 e. The van der Waals surface area contributed by atoms with Gasteiger partial charge in [-0.3, -0.25) is 0 Å². The van der Waals surface area contributed by atoms with Crippen molar-refractivity contribution in [1.82, 2.24) is 5.32 Å². The molecular formula is C13H21NO2. The van der Waals surface area contributed by atoms with E-state index in [2.05, 4.69) is 30.4 Å². The molecule has 0 heterocycles. The van der Waals surface area contributed by atoms with Gasteiger partial charge in [-0.25, -0.2) is 0 Å². The van der Waals surface area contributed by atoms with E-state index in [0.29, 0.717) is 0 Å². The summed E-state index contributed by atoms with van der Waals surface area (Å²) in [6.45, 7) is 4.67. The lowest BCUT2D eigenvalue weighted by atomic mass is 10.1. The molecule has 0 saturated carbocycles. The van der Waals surface area contributed by atoms with E-state index in [1.807, 2.05) is 0 Å². The predicted octanol–water partition coefficient (Wildman–Crippen LogP) is 2.13. The Morgan fingerprint density at radius 3 is 2.75 bits per heavy atom. The summed E-state index contributed by atoms with van der Waals surface area (Å²) in [4.78, 5) is 0. The standard InChI is InChI=1S/C13H21NO2/c1-11-6-4-7-12(13(11)16-3)10-14-8-5-9-15-2/h4,6-7,14H,5,8-10H2,1-3H3. The van der Waals surface area contributed by atoms with Crippen LogP contribution in [0.25, 0.3) is 0 Å². The molecule has 0 aliphatic rings. The van der Waals surface area contributed by atoms with Gasteiger partial charge in [-0.05, 0) is 25.5 Å². The number of nitrogens with one attached hydrogen (secondary N) is 1. The highest BCUT2D eigenvalue weighted by molar-refractivity contribution is 5.40. The molecule has 0 atom stereocenters. The monoisotopic (exact) mass is 223 g/mol. The number of methoxy groups -OCH3 is 2. The lowest BCUT2D eigenvalue weighted by molar-refractivity contribution is 0.194. The lowest BCUT2D eigenvalue weighted by Crippen LogP contribution is -2.16. The molecule has 1 rings (SSSR count). The number of para-hydroxylation sites is 1. The Bertz CT molecular complexity index is 313. The summed E-state index contributed by atoms with van der Waals surface area (Å²) in [5, 5.41) is 3.38. The Hall–Kier alpha value is -1.06. The van der Waals surface area contributed by atoms with Gasteiger partial charge in [0.25, 0.3) is 0 Å². The van der Waals surface area contributed by atoms with E-state index in [0.717, 1.165) is 31.9 Å². The van der Waals surface area contributed by atoms with Crippen molar-refractivity contribution < 1.29 is 9.47 Å². The molecule has 3 nitrogen and oxygen atoms in total. The summed E-state index contributed by atoms with van der Waals surface area (Å²) in [6.07, 6.45) is 1.03. The predicted molar refractivity (Wildman–Crippen MR) is 65.9 cm³/mol. The number of rotatable bonds is 7. The van der Waals surface area contributed by atoms with Crippen molar-refractivity contribution in [3.05, 3.63) is 29.3 Å². The quantitative estimate of drug-likeness (QED) is 0.718. The molecule has 90 valence electrons. The van der Waals surface area contributed by atoms with Gasteiger partial charge in [0.2, 0.25) is 0 Å². The van der Waals surface area contributed by atoms with Gasteiger partial charge in [0.05, 0.1) is 7.11 Å². The molecule has 0 amide bonds. The summed E-state index contributed by atoms with van der Waals surface area (Å²) >= 11 is 0. The third kappa shape index (κ3) is 3.83. The van der Waals surface area contributed by atoms with Crippen LogP contribution in [0, 0.1) is 6.92 Å². The maximum Gasteiger partial charge on any atom is 0.126 e. The van der Waals surface area contributed by atoms with Crippen molar-refractivity contribution >= 4 is 0 Å². The second-order valence-electron chi connectivity index (χ2n) is 3.79. The van der Waals surface area contributed by atoms with Gasteiger partial charge in [-0.15, -0.1) is 0 Å². The lowest BCUT2D eigenvalue weighted by Gasteiger charge is -2.11. The molecular weight excluding hydrogens is 202 g/mol. The zero-order valence-electron chi connectivity index (χ0n) is 10.4. The maximum atomic E-state index is 5.39. The van der Waals surface area contributed by atoms with E-state index in [1.165, 1.54) is 11.1 Å². The fraction of sp³-hybridized carbons (Fsp3) is 0.538. The van der Waals surface area contributed by atoms with Crippen LogP contribution in [0.1, 0.15) is 17.5 Å². The molecule has 16 heavy (non-hydrogen) atoms. The van der Waals surface area contributed by atoms with Crippen LogP contribution < -0.4 is 10.1 Å². The van der Waals surface area contributed by atoms with Crippen molar-refractivity contribution in [1.29, 1.82) is 0 Å². The van der Waals surface area contributed by atoms with E-state index in [-0.39, 0.29) is 0 Å². The van der Waals surface area contributed by atoms with Crippen LogP contribution in [-0.4, -0.2) is 27.4 Å². The fourth-order valence-corrected chi connectivity index (χ4v) is 1.71. The van der Waals surface area contributed by atoms with Crippen molar-refractivity contribution in [2.75, 3.05) is 27.4 Å². The summed E-state index contributed by atoms with van der Waals surface area (Å²) in [5.41, 5.74) is 2.39. The van der Waals surface area contributed by atoms with E-state index in [1.54, 1.807) is 14.2 Å². The molecule has 0 unspecified atom stereocenters. The first kappa shape index (κ1) is 13.0. The molecule has 1 aromatic carbocycles. The van der Waals surface area contributed by atoms with Crippen molar-refractivity contribution in [3.8, 4) is 5.75 Å². The molecule has 0 aliphatic carbocycles. The minimum atomic E-state index is 0.804. The van der Waals surface area contributed by atoms with Crippen LogP contribution in [0.3, 0.4) is 0 Å². The summed E-state index contributed by atoms with van der Waals surface area (Å²) in [6, 6.07) is 6.21. The topological polar surface area (TPSA) is 30.5 Å². The Morgan fingerprint density at radius 1 is 1.25 bits per heavy atom. The van der Waals surface area contributed by atoms with E-state index < -0.39 is 0 Å². The molecule has 0 spiro atoms. The summed E-state index contributed by atoms with van der Waals surface area (Å²) in [7, 11) is 3.44. The van der Waals surface area contributed by atoms with Crippen LogP contribution in [0.5, 0.6) is 5.75 Å². The number of hydrogen-bond donors (Lipinski definition) is 1. The molecule has 3 heteroatoms. The van der Waals surface area contributed by atoms with Gasteiger partial charge < -0.3 is 14.8 Å². The Morgan fingerprint density at radius 2 is 2.06 bits per heavy atom. The third-order valence-electron chi connectivity index (χ3n) is 2.52. The SMILES string of the molecule is COCCCNCc1cccc(C)c1OC. The van der Waals surface area contributed by atoms with Gasteiger partial charge in [0.1, 0.15) is 5.75 Å². The number of aryl methyl sites for hydroxylation is 1. The van der Waals surface area contributed by atoms with Gasteiger partial charge in [0, 0.05) is 25.8 Å². The maximum absolute atomic E-state index is 5.39. The number of hydrogen-bond acceptors (Lipinski definition) is 3. The highest BCUT2D eigenvalue weighted by Crippen LogP contribution is 2.22. The molecule has 0 saturated heterocycles. The zero-order chi connectivity index (χ0) is 11.8. The van der Waals surface area contributed by atoms with E-state index >= 15 is 0 Å². The van der Waals surface area contributed by atoms with Crippen molar-refractivity contribution in [3.63, 3.8) is 0 Å². The highest BCUT2D eigenvalue weighted by Gasteiger charge is 2.04. The number of benzene rings is 1. The smallest absolute Gasteiger partial charge is 0.126 e. The van der Waals surface area contributed by atoms with Crippen LogP contribution >= 0.6 is 0 Å². The molecule has 0 fully saturated rings. The Balaban J connectivity index is 2.44. The Kier molecular flexibility index (Phi) is 5.90. The van der Waals surface area contributed by atoms with E-state index in [4.69, 9.17) is 9.47 Å². The third-order valence-corrected chi connectivity index (χ3v) is 2.52.